The molecule has 7 nitrogen and oxygen atoms in total. The summed E-state index contributed by atoms with van der Waals surface area (Å²) in [5.74, 6) is 0.450. The third-order valence-corrected chi connectivity index (χ3v) is 3.25. The van der Waals surface area contributed by atoms with E-state index >= 15 is 0 Å². The van der Waals surface area contributed by atoms with Crippen molar-refractivity contribution in [1.82, 2.24) is 25.5 Å². The Bertz CT molecular complexity index is 597. The first-order chi connectivity index (χ1) is 10.6. The number of tetrazole rings is 1. The van der Waals surface area contributed by atoms with Crippen LogP contribution < -0.4 is 5.32 Å². The number of aryl methyl sites for hydroxylation is 1. The molecule has 1 atom stereocenters. The van der Waals surface area contributed by atoms with Crippen molar-refractivity contribution < 1.29 is 9.90 Å². The fourth-order valence-electron chi connectivity index (χ4n) is 2.03. The molecule has 0 saturated carbocycles. The zero-order valence-corrected chi connectivity index (χ0v) is 12.8. The summed E-state index contributed by atoms with van der Waals surface area (Å²) in [5.41, 5.74) is 0.598. The highest BCUT2D eigenvalue weighted by Gasteiger charge is 2.23. The van der Waals surface area contributed by atoms with Crippen molar-refractivity contribution in [2.75, 3.05) is 6.61 Å². The van der Waals surface area contributed by atoms with E-state index in [0.29, 0.717) is 24.4 Å². The standard InChI is InChI=1S/C15H21N5O2/c1-11(2)13(14-17-19-20(18-14)9-6-10-21)16-15(22)12-7-4-3-5-8-12/h3-5,7-8,11,13,21H,6,9-10H2,1-2H3,(H,16,22). The van der Waals surface area contributed by atoms with Crippen LogP contribution in [-0.4, -0.2) is 37.8 Å². The van der Waals surface area contributed by atoms with E-state index in [0.717, 1.165) is 0 Å². The van der Waals surface area contributed by atoms with Crippen LogP contribution in [0.15, 0.2) is 30.3 Å². The number of carbonyl (C=O) groups excluding carboxylic acids is 1. The Morgan fingerprint density at radius 2 is 2.05 bits per heavy atom. The fourth-order valence-corrected chi connectivity index (χ4v) is 2.03. The molecule has 1 aromatic carbocycles. The topological polar surface area (TPSA) is 92.9 Å². The van der Waals surface area contributed by atoms with Gasteiger partial charge >= 0.3 is 0 Å². The number of aromatic nitrogens is 4. The number of carbonyl (C=O) groups is 1. The van der Waals surface area contributed by atoms with E-state index in [9.17, 15) is 4.79 Å². The number of amides is 1. The van der Waals surface area contributed by atoms with E-state index in [-0.39, 0.29) is 24.5 Å². The molecule has 118 valence electrons. The molecule has 0 aliphatic heterocycles. The quantitative estimate of drug-likeness (QED) is 0.801. The smallest absolute Gasteiger partial charge is 0.251 e. The number of benzene rings is 1. The van der Waals surface area contributed by atoms with Crippen molar-refractivity contribution in [2.45, 2.75) is 32.9 Å². The largest absolute Gasteiger partial charge is 0.396 e. The minimum atomic E-state index is -0.310. The van der Waals surface area contributed by atoms with E-state index in [1.165, 1.54) is 4.80 Å². The highest BCUT2D eigenvalue weighted by atomic mass is 16.3. The molecule has 2 rings (SSSR count). The summed E-state index contributed by atoms with van der Waals surface area (Å²) in [6.07, 6.45) is 0.568. The zero-order chi connectivity index (χ0) is 15.9. The normalized spacial score (nSPS) is 12.4. The second-order valence-electron chi connectivity index (χ2n) is 5.38. The number of rotatable bonds is 7. The molecule has 0 radical (unpaired) electrons. The van der Waals surface area contributed by atoms with Crippen molar-refractivity contribution in [1.29, 1.82) is 0 Å². The summed E-state index contributed by atoms with van der Waals surface area (Å²) in [4.78, 5) is 13.7. The lowest BCUT2D eigenvalue weighted by Gasteiger charge is -2.19. The van der Waals surface area contributed by atoms with Gasteiger partial charge in [0, 0.05) is 12.2 Å². The number of hydrogen-bond acceptors (Lipinski definition) is 5. The number of aliphatic hydroxyl groups excluding tert-OH is 1. The van der Waals surface area contributed by atoms with Crippen LogP contribution in [0.3, 0.4) is 0 Å². The zero-order valence-electron chi connectivity index (χ0n) is 12.8. The van der Waals surface area contributed by atoms with Crippen molar-refractivity contribution >= 4 is 5.91 Å². The summed E-state index contributed by atoms with van der Waals surface area (Å²) >= 11 is 0. The summed E-state index contributed by atoms with van der Waals surface area (Å²) < 4.78 is 0. The maximum absolute atomic E-state index is 12.3. The molecule has 1 amide bonds. The van der Waals surface area contributed by atoms with Gasteiger partial charge in [-0.05, 0) is 29.7 Å². The molecule has 2 aromatic rings. The molecular formula is C15H21N5O2. The number of hydrogen-bond donors (Lipinski definition) is 2. The van der Waals surface area contributed by atoms with E-state index in [2.05, 4.69) is 20.7 Å². The average molecular weight is 303 g/mol. The SMILES string of the molecule is CC(C)C(NC(=O)c1ccccc1)c1nnn(CCCO)n1. The molecule has 7 heteroatoms. The van der Waals surface area contributed by atoms with Gasteiger partial charge in [0.05, 0.1) is 12.6 Å². The second-order valence-corrected chi connectivity index (χ2v) is 5.38. The summed E-state index contributed by atoms with van der Waals surface area (Å²) in [6.45, 7) is 4.56. The summed E-state index contributed by atoms with van der Waals surface area (Å²) in [7, 11) is 0. The summed E-state index contributed by atoms with van der Waals surface area (Å²) in [5, 5.41) is 24.0. The maximum Gasteiger partial charge on any atom is 0.251 e. The highest BCUT2D eigenvalue weighted by Crippen LogP contribution is 2.18. The van der Waals surface area contributed by atoms with Crippen LogP contribution in [0.1, 0.15) is 42.5 Å². The Labute approximate surface area is 129 Å². The molecule has 1 unspecified atom stereocenters. The van der Waals surface area contributed by atoms with Crippen molar-refractivity contribution in [3.05, 3.63) is 41.7 Å². The van der Waals surface area contributed by atoms with Gasteiger partial charge in [-0.1, -0.05) is 32.0 Å². The molecule has 1 heterocycles. The molecule has 0 bridgehead atoms. The molecule has 1 aromatic heterocycles. The maximum atomic E-state index is 12.3. The van der Waals surface area contributed by atoms with Gasteiger partial charge in [0.1, 0.15) is 0 Å². The Morgan fingerprint density at radius 1 is 1.32 bits per heavy atom. The predicted molar refractivity (Wildman–Crippen MR) is 81.0 cm³/mol. The van der Waals surface area contributed by atoms with Crippen molar-refractivity contribution in [2.24, 2.45) is 5.92 Å². The lowest BCUT2D eigenvalue weighted by molar-refractivity contribution is 0.0923. The molecule has 0 fully saturated rings. The third-order valence-electron chi connectivity index (χ3n) is 3.25. The second kappa shape index (κ2) is 7.65. The average Bonchev–Trinajstić information content (AvgIpc) is 2.99. The third kappa shape index (κ3) is 4.11. The highest BCUT2D eigenvalue weighted by molar-refractivity contribution is 5.94. The lowest BCUT2D eigenvalue weighted by Crippen LogP contribution is -2.32. The minimum Gasteiger partial charge on any atom is -0.396 e. The number of nitrogens with one attached hydrogen (secondary N) is 1. The Balaban J connectivity index is 2.10. The van der Waals surface area contributed by atoms with Crippen LogP contribution >= 0.6 is 0 Å². The molecule has 0 spiro atoms. The number of aliphatic hydroxyl groups is 1. The molecule has 0 saturated heterocycles. The van der Waals surface area contributed by atoms with Gasteiger partial charge in [0.15, 0.2) is 5.82 Å². The monoisotopic (exact) mass is 303 g/mol. The predicted octanol–water partition coefficient (Wildman–Crippen LogP) is 1.18. The van der Waals surface area contributed by atoms with Gasteiger partial charge in [-0.3, -0.25) is 4.79 Å². The minimum absolute atomic E-state index is 0.0786. The number of nitrogens with zero attached hydrogens (tertiary/aromatic N) is 4. The first kappa shape index (κ1) is 16.1. The van der Waals surface area contributed by atoms with E-state index in [4.69, 9.17) is 5.11 Å². The molecule has 22 heavy (non-hydrogen) atoms. The lowest BCUT2D eigenvalue weighted by atomic mass is 10.0. The van der Waals surface area contributed by atoms with Crippen LogP contribution in [0.2, 0.25) is 0 Å². The van der Waals surface area contributed by atoms with Crippen LogP contribution in [-0.2, 0) is 6.54 Å². The molecule has 0 aliphatic carbocycles. The van der Waals surface area contributed by atoms with Gasteiger partial charge in [-0.25, -0.2) is 0 Å². The molecule has 2 N–H and O–H groups in total. The molecule has 0 aliphatic rings. The first-order valence-electron chi connectivity index (χ1n) is 7.36. The Kier molecular flexibility index (Phi) is 5.60. The van der Waals surface area contributed by atoms with E-state index < -0.39 is 0 Å². The van der Waals surface area contributed by atoms with Gasteiger partial charge in [-0.15, -0.1) is 10.2 Å². The van der Waals surface area contributed by atoms with Gasteiger partial charge < -0.3 is 10.4 Å². The van der Waals surface area contributed by atoms with Crippen LogP contribution in [0.25, 0.3) is 0 Å². The van der Waals surface area contributed by atoms with Crippen LogP contribution in [0.5, 0.6) is 0 Å². The van der Waals surface area contributed by atoms with E-state index in [1.54, 1.807) is 12.1 Å². The van der Waals surface area contributed by atoms with Gasteiger partial charge in [0.25, 0.3) is 5.91 Å². The van der Waals surface area contributed by atoms with E-state index in [1.807, 2.05) is 32.0 Å². The summed E-state index contributed by atoms with van der Waals surface area (Å²) in [6, 6.07) is 8.73. The Hall–Kier alpha value is -2.28. The van der Waals surface area contributed by atoms with Gasteiger partial charge in [0.2, 0.25) is 0 Å². The van der Waals surface area contributed by atoms with Crippen molar-refractivity contribution in [3.63, 3.8) is 0 Å². The van der Waals surface area contributed by atoms with Crippen LogP contribution in [0, 0.1) is 5.92 Å². The molecular weight excluding hydrogens is 282 g/mol. The first-order valence-corrected chi connectivity index (χ1v) is 7.36. The Morgan fingerprint density at radius 3 is 2.68 bits per heavy atom. The van der Waals surface area contributed by atoms with Gasteiger partial charge in [-0.2, -0.15) is 4.80 Å². The fraction of sp³-hybridized carbons (Fsp3) is 0.467. The van der Waals surface area contributed by atoms with Crippen LogP contribution in [0.4, 0.5) is 0 Å². The van der Waals surface area contributed by atoms with Crippen molar-refractivity contribution in [3.8, 4) is 0 Å².